The van der Waals surface area contributed by atoms with Crippen molar-refractivity contribution < 1.29 is 80.2 Å². The van der Waals surface area contributed by atoms with Gasteiger partial charge in [0, 0.05) is 25.7 Å². The minimum Gasteiger partial charge on any atom is -0.462 e. The van der Waals surface area contributed by atoms with Gasteiger partial charge in [-0.3, -0.25) is 37.3 Å². The fourth-order valence-corrected chi connectivity index (χ4v) is 12.0. The number of rotatable bonds is 67. The van der Waals surface area contributed by atoms with E-state index in [-0.39, 0.29) is 25.7 Å². The maximum atomic E-state index is 13.0. The highest BCUT2D eigenvalue weighted by atomic mass is 31.2. The third kappa shape index (κ3) is 63.2. The fraction of sp³-hybridized carbons (Fsp3) is 0.943. The molecule has 19 heteroatoms. The van der Waals surface area contributed by atoms with Gasteiger partial charge in [0.05, 0.1) is 26.4 Å². The topological polar surface area (TPSA) is 237 Å². The Morgan fingerprint density at radius 3 is 0.798 bits per heavy atom. The van der Waals surface area contributed by atoms with Crippen LogP contribution in [0.5, 0.6) is 0 Å². The van der Waals surface area contributed by atoms with Crippen LogP contribution in [0.2, 0.25) is 0 Å². The van der Waals surface area contributed by atoms with Crippen molar-refractivity contribution >= 4 is 39.5 Å². The summed E-state index contributed by atoms with van der Waals surface area (Å²) in [6.07, 6.45) is 41.8. The minimum absolute atomic E-state index is 0.103. The molecule has 0 aromatic carbocycles. The molecular formula is C70H136O17P2. The summed E-state index contributed by atoms with van der Waals surface area (Å²) in [5, 5.41) is 10.6. The van der Waals surface area contributed by atoms with Gasteiger partial charge in [0.1, 0.15) is 19.3 Å². The van der Waals surface area contributed by atoms with E-state index >= 15 is 0 Å². The zero-order valence-electron chi connectivity index (χ0n) is 58.1. The number of carbonyl (C=O) groups excluding carboxylic acids is 4. The Morgan fingerprint density at radius 2 is 0.539 bits per heavy atom. The first-order chi connectivity index (χ1) is 42.6. The summed E-state index contributed by atoms with van der Waals surface area (Å²) in [6.45, 7) is 14.1. The van der Waals surface area contributed by atoms with E-state index in [1.807, 2.05) is 0 Å². The van der Waals surface area contributed by atoms with Crippen molar-refractivity contribution in [3.05, 3.63) is 0 Å². The largest absolute Gasteiger partial charge is 0.472 e. The van der Waals surface area contributed by atoms with Gasteiger partial charge in [-0.2, -0.15) is 0 Å². The summed E-state index contributed by atoms with van der Waals surface area (Å²) < 4.78 is 68.2. The van der Waals surface area contributed by atoms with E-state index in [0.717, 1.165) is 120 Å². The average molecular weight is 1310 g/mol. The van der Waals surface area contributed by atoms with Gasteiger partial charge in [0.15, 0.2) is 12.2 Å². The number of aliphatic hydroxyl groups is 1. The van der Waals surface area contributed by atoms with Crippen molar-refractivity contribution in [3.8, 4) is 0 Å². The van der Waals surface area contributed by atoms with Crippen LogP contribution in [0.4, 0.5) is 0 Å². The predicted octanol–water partition coefficient (Wildman–Crippen LogP) is 19.7. The summed E-state index contributed by atoms with van der Waals surface area (Å²) in [5.41, 5.74) is 0. The van der Waals surface area contributed by atoms with Crippen LogP contribution in [0, 0.1) is 23.7 Å². The second kappa shape index (κ2) is 59.8. The summed E-state index contributed by atoms with van der Waals surface area (Å²) >= 11 is 0. The molecule has 4 unspecified atom stereocenters. The Labute approximate surface area is 543 Å². The predicted molar refractivity (Wildman–Crippen MR) is 358 cm³/mol. The molecule has 0 aliphatic heterocycles. The minimum atomic E-state index is -4.95. The molecule has 6 atom stereocenters. The number of unbranched alkanes of at least 4 members (excludes halogenated alkanes) is 32. The molecule has 0 radical (unpaired) electrons. The summed E-state index contributed by atoms with van der Waals surface area (Å²) in [5.74, 6) is 0.838. The monoisotopic (exact) mass is 1310 g/mol. The molecule has 528 valence electrons. The average Bonchev–Trinajstić information content (AvgIpc) is 3.68. The second-order valence-electron chi connectivity index (χ2n) is 26.9. The van der Waals surface area contributed by atoms with Crippen molar-refractivity contribution in [2.45, 2.75) is 363 Å². The van der Waals surface area contributed by atoms with Crippen LogP contribution in [0.1, 0.15) is 344 Å². The first kappa shape index (κ1) is 87.1. The SMILES string of the molecule is CCC(C)CCCCCCCCC(=O)OC[C@H](COP(=O)(O)OCC(O)COP(=O)(O)OC[C@@H](COC(=O)CCCCCCCCCCC(C)C)OC(=O)CCCCCCCCCCC(C)C)OC(=O)CCCCCCCCCCCCCCCCC(C)C. The van der Waals surface area contributed by atoms with Crippen LogP contribution in [0.15, 0.2) is 0 Å². The van der Waals surface area contributed by atoms with Gasteiger partial charge in [-0.05, 0) is 49.4 Å². The molecule has 0 amide bonds. The normalized spacial score (nSPS) is 14.6. The van der Waals surface area contributed by atoms with Crippen LogP contribution in [-0.4, -0.2) is 96.7 Å². The smallest absolute Gasteiger partial charge is 0.462 e. The molecule has 0 fully saturated rings. The lowest BCUT2D eigenvalue weighted by Crippen LogP contribution is -2.30. The molecule has 0 aromatic heterocycles. The van der Waals surface area contributed by atoms with Crippen LogP contribution in [-0.2, 0) is 65.4 Å². The number of esters is 4. The molecule has 0 saturated carbocycles. The molecule has 0 rings (SSSR count). The van der Waals surface area contributed by atoms with E-state index in [1.54, 1.807) is 0 Å². The zero-order valence-corrected chi connectivity index (χ0v) is 59.8. The number of ether oxygens (including phenoxy) is 4. The van der Waals surface area contributed by atoms with Gasteiger partial charge in [0.25, 0.3) is 0 Å². The molecule has 3 N–H and O–H groups in total. The Bertz CT molecular complexity index is 1770. The molecule has 0 saturated heterocycles. The van der Waals surface area contributed by atoms with Crippen LogP contribution in [0.25, 0.3) is 0 Å². The summed E-state index contributed by atoms with van der Waals surface area (Å²) in [4.78, 5) is 72.5. The van der Waals surface area contributed by atoms with E-state index in [1.165, 1.54) is 141 Å². The van der Waals surface area contributed by atoms with E-state index in [0.29, 0.717) is 25.7 Å². The van der Waals surface area contributed by atoms with Crippen molar-refractivity contribution in [2.75, 3.05) is 39.6 Å². The quantitative estimate of drug-likeness (QED) is 0.0222. The van der Waals surface area contributed by atoms with Crippen LogP contribution in [0.3, 0.4) is 0 Å². The van der Waals surface area contributed by atoms with Crippen LogP contribution < -0.4 is 0 Å². The number of phosphoric ester groups is 2. The number of phosphoric acid groups is 2. The third-order valence-corrected chi connectivity index (χ3v) is 18.3. The highest BCUT2D eigenvalue weighted by Crippen LogP contribution is 2.45. The van der Waals surface area contributed by atoms with Crippen molar-refractivity contribution in [2.24, 2.45) is 23.7 Å². The number of hydrogen-bond acceptors (Lipinski definition) is 15. The lowest BCUT2D eigenvalue weighted by atomic mass is 10.00. The molecule has 0 heterocycles. The van der Waals surface area contributed by atoms with Gasteiger partial charge in [-0.25, -0.2) is 9.13 Å². The van der Waals surface area contributed by atoms with Crippen molar-refractivity contribution in [1.29, 1.82) is 0 Å². The van der Waals surface area contributed by atoms with Crippen LogP contribution >= 0.6 is 15.6 Å². The standard InChI is InChI=1S/C70H136O17P2/c1-9-63(8)49-41-33-28-29-35-43-51-68(73)81-57-66(86-69(74)52-44-36-26-17-15-13-11-10-12-14-16-22-30-38-46-60(2)3)59-85-89(78,79)83-55-64(71)54-82-88(76,77)84-58-65(87-70(75)53-45-37-27-21-19-24-32-40-48-62(6)7)56-80-67(72)50-42-34-25-20-18-23-31-39-47-61(4)5/h60-66,71H,9-59H2,1-8H3,(H,76,77)(H,78,79)/t63?,64?,65-,66-/m1/s1. The first-order valence-electron chi connectivity index (χ1n) is 36.2. The van der Waals surface area contributed by atoms with E-state index in [4.69, 9.17) is 37.0 Å². The maximum Gasteiger partial charge on any atom is 0.472 e. The molecule has 0 spiro atoms. The fourth-order valence-electron chi connectivity index (χ4n) is 10.5. The van der Waals surface area contributed by atoms with E-state index in [9.17, 15) is 43.2 Å². The molecule has 17 nitrogen and oxygen atoms in total. The third-order valence-electron chi connectivity index (χ3n) is 16.4. The van der Waals surface area contributed by atoms with Gasteiger partial charge in [0.2, 0.25) is 0 Å². The molecule has 0 aliphatic rings. The number of aliphatic hydroxyl groups excluding tert-OH is 1. The van der Waals surface area contributed by atoms with E-state index < -0.39 is 97.5 Å². The maximum absolute atomic E-state index is 13.0. The van der Waals surface area contributed by atoms with Gasteiger partial charge in [-0.1, -0.05) is 293 Å². The lowest BCUT2D eigenvalue weighted by Gasteiger charge is -2.21. The Hall–Kier alpha value is -1.94. The summed E-state index contributed by atoms with van der Waals surface area (Å²) in [6, 6.07) is 0. The number of hydrogen-bond donors (Lipinski definition) is 3. The molecule has 0 aromatic rings. The summed E-state index contributed by atoms with van der Waals surface area (Å²) in [7, 11) is -9.90. The number of carbonyl (C=O) groups is 4. The second-order valence-corrected chi connectivity index (χ2v) is 29.8. The Balaban J connectivity index is 5.23. The molecule has 0 bridgehead atoms. The highest BCUT2D eigenvalue weighted by molar-refractivity contribution is 7.47. The molecular weight excluding hydrogens is 1170 g/mol. The van der Waals surface area contributed by atoms with Gasteiger partial charge in [-0.15, -0.1) is 0 Å². The van der Waals surface area contributed by atoms with E-state index in [2.05, 4.69) is 55.4 Å². The lowest BCUT2D eigenvalue weighted by molar-refractivity contribution is -0.161. The Morgan fingerprint density at radius 1 is 0.315 bits per heavy atom. The van der Waals surface area contributed by atoms with Crippen molar-refractivity contribution in [3.63, 3.8) is 0 Å². The molecule has 89 heavy (non-hydrogen) atoms. The van der Waals surface area contributed by atoms with Crippen molar-refractivity contribution in [1.82, 2.24) is 0 Å². The molecule has 0 aliphatic carbocycles. The first-order valence-corrected chi connectivity index (χ1v) is 39.2. The zero-order chi connectivity index (χ0) is 66.1. The van der Waals surface area contributed by atoms with Gasteiger partial charge < -0.3 is 33.8 Å². The highest BCUT2D eigenvalue weighted by Gasteiger charge is 2.30. The Kier molecular flexibility index (Phi) is 58.5. The van der Waals surface area contributed by atoms with Gasteiger partial charge >= 0.3 is 39.5 Å².